The summed E-state index contributed by atoms with van der Waals surface area (Å²) < 4.78 is 10.7. The van der Waals surface area contributed by atoms with Gasteiger partial charge in [0.1, 0.15) is 18.1 Å². The van der Waals surface area contributed by atoms with Crippen LogP contribution in [0.1, 0.15) is 6.92 Å². The molecule has 3 aromatic carbocycles. The minimum absolute atomic E-state index is 0.0828. The number of nitrogens with zero attached hydrogens (tertiary/aromatic N) is 1. The Bertz CT molecular complexity index is 940. The highest BCUT2D eigenvalue weighted by Gasteiger charge is 2.12. The van der Waals surface area contributed by atoms with Gasteiger partial charge >= 0.3 is 5.97 Å². The number of carbonyl (C=O) groups excluding carboxylic acids is 1. The monoisotopic (exact) mass is 385 g/mol. The highest BCUT2D eigenvalue weighted by molar-refractivity contribution is 5.87. The second-order valence-electron chi connectivity index (χ2n) is 6.50. The van der Waals surface area contributed by atoms with Crippen molar-refractivity contribution in [1.82, 2.24) is 0 Å². The van der Waals surface area contributed by atoms with Crippen LogP contribution < -0.4 is 9.64 Å². The fourth-order valence-electron chi connectivity index (χ4n) is 2.70. The Morgan fingerprint density at radius 2 is 1.28 bits per heavy atom. The lowest BCUT2D eigenvalue weighted by molar-refractivity contribution is -0.135. The molecule has 0 bridgehead atoms. The van der Waals surface area contributed by atoms with Crippen molar-refractivity contribution in [2.45, 2.75) is 6.92 Å². The topological polar surface area (TPSA) is 38.8 Å². The van der Waals surface area contributed by atoms with Gasteiger partial charge in [0.2, 0.25) is 0 Å². The first-order chi connectivity index (χ1) is 14.0. The standard InChI is InChI=1S/C25H23NO3/c1-19(2)25(27)29-20(3)18-28-24-16-14-23(15-17-24)26(21-10-6-4-7-11-21)22-12-8-5-9-13-22/h4-17H,1,3,18H2,2H3. The Kier molecular flexibility index (Phi) is 6.48. The zero-order valence-corrected chi connectivity index (χ0v) is 16.4. The highest BCUT2D eigenvalue weighted by atomic mass is 16.6. The van der Waals surface area contributed by atoms with Gasteiger partial charge < -0.3 is 14.4 Å². The third-order valence-electron chi connectivity index (χ3n) is 4.11. The van der Waals surface area contributed by atoms with Crippen LogP contribution in [0, 0.1) is 0 Å². The molecule has 3 aromatic rings. The normalized spacial score (nSPS) is 10.1. The van der Waals surface area contributed by atoms with Crippen molar-refractivity contribution in [1.29, 1.82) is 0 Å². The van der Waals surface area contributed by atoms with E-state index in [1.54, 1.807) is 6.92 Å². The highest BCUT2D eigenvalue weighted by Crippen LogP contribution is 2.34. The molecule has 0 heterocycles. The molecule has 0 amide bonds. The molecule has 4 heteroatoms. The number of esters is 1. The van der Waals surface area contributed by atoms with Gasteiger partial charge in [-0.15, -0.1) is 0 Å². The first-order valence-electron chi connectivity index (χ1n) is 9.23. The van der Waals surface area contributed by atoms with Gasteiger partial charge in [0.05, 0.1) is 0 Å². The van der Waals surface area contributed by atoms with Crippen molar-refractivity contribution >= 4 is 23.0 Å². The van der Waals surface area contributed by atoms with Crippen LogP contribution in [0.2, 0.25) is 0 Å². The quantitative estimate of drug-likeness (QED) is 0.264. The zero-order chi connectivity index (χ0) is 20.6. The van der Waals surface area contributed by atoms with E-state index in [2.05, 4.69) is 42.3 Å². The first kappa shape index (κ1) is 20.0. The van der Waals surface area contributed by atoms with Gasteiger partial charge in [0.25, 0.3) is 0 Å². The minimum Gasteiger partial charge on any atom is -0.486 e. The molecule has 0 saturated carbocycles. The Morgan fingerprint density at radius 3 is 1.76 bits per heavy atom. The second-order valence-corrected chi connectivity index (χ2v) is 6.50. The van der Waals surface area contributed by atoms with Gasteiger partial charge in [-0.3, -0.25) is 0 Å². The van der Waals surface area contributed by atoms with E-state index in [1.165, 1.54) is 0 Å². The molecular formula is C25H23NO3. The van der Waals surface area contributed by atoms with Crippen molar-refractivity contribution in [2.75, 3.05) is 11.5 Å². The summed E-state index contributed by atoms with van der Waals surface area (Å²) >= 11 is 0. The van der Waals surface area contributed by atoms with E-state index in [1.807, 2.05) is 60.7 Å². The predicted octanol–water partition coefficient (Wildman–Crippen LogP) is 6.17. The lowest BCUT2D eigenvalue weighted by Gasteiger charge is -2.25. The summed E-state index contributed by atoms with van der Waals surface area (Å²) in [7, 11) is 0. The smallest absolute Gasteiger partial charge is 0.338 e. The second kappa shape index (κ2) is 9.42. The Hall–Kier alpha value is -3.79. The molecular weight excluding hydrogens is 362 g/mol. The van der Waals surface area contributed by atoms with Crippen molar-refractivity contribution in [3.05, 3.63) is 109 Å². The van der Waals surface area contributed by atoms with Crippen LogP contribution in [0.5, 0.6) is 5.75 Å². The molecule has 0 aliphatic carbocycles. The van der Waals surface area contributed by atoms with Crippen LogP contribution in [-0.2, 0) is 9.53 Å². The largest absolute Gasteiger partial charge is 0.486 e. The van der Waals surface area contributed by atoms with Gasteiger partial charge in [-0.05, 0) is 55.5 Å². The molecule has 0 radical (unpaired) electrons. The van der Waals surface area contributed by atoms with Crippen LogP contribution in [0.3, 0.4) is 0 Å². The Labute approximate surface area is 171 Å². The molecule has 0 unspecified atom stereocenters. The van der Waals surface area contributed by atoms with Gasteiger partial charge in [-0.2, -0.15) is 0 Å². The molecule has 0 atom stereocenters. The fraction of sp³-hybridized carbons (Fsp3) is 0.0800. The van der Waals surface area contributed by atoms with Crippen molar-refractivity contribution in [3.8, 4) is 5.75 Å². The Balaban J connectivity index is 1.74. The number of hydrogen-bond donors (Lipinski definition) is 0. The molecule has 0 aliphatic heterocycles. The predicted molar refractivity (Wildman–Crippen MR) is 117 cm³/mol. The van der Waals surface area contributed by atoms with Gasteiger partial charge in [-0.1, -0.05) is 49.6 Å². The maximum absolute atomic E-state index is 11.5. The van der Waals surface area contributed by atoms with Crippen LogP contribution in [0.15, 0.2) is 109 Å². The Morgan fingerprint density at radius 1 is 0.793 bits per heavy atom. The van der Waals surface area contributed by atoms with Gasteiger partial charge in [0.15, 0.2) is 0 Å². The summed E-state index contributed by atoms with van der Waals surface area (Å²) in [5, 5.41) is 0. The average molecular weight is 385 g/mol. The summed E-state index contributed by atoms with van der Waals surface area (Å²) in [5.41, 5.74) is 3.44. The van der Waals surface area contributed by atoms with E-state index in [9.17, 15) is 4.79 Å². The summed E-state index contributed by atoms with van der Waals surface area (Å²) in [5.74, 6) is 0.384. The van der Waals surface area contributed by atoms with Crippen LogP contribution in [0.4, 0.5) is 17.1 Å². The molecule has 0 aromatic heterocycles. The third kappa shape index (κ3) is 5.36. The average Bonchev–Trinajstić information content (AvgIpc) is 2.75. The molecule has 29 heavy (non-hydrogen) atoms. The van der Waals surface area contributed by atoms with E-state index < -0.39 is 5.97 Å². The number of carbonyl (C=O) groups is 1. The summed E-state index contributed by atoms with van der Waals surface area (Å²) in [4.78, 5) is 13.7. The number of rotatable bonds is 8. The zero-order valence-electron chi connectivity index (χ0n) is 16.4. The minimum atomic E-state index is -0.504. The van der Waals surface area contributed by atoms with Crippen molar-refractivity contribution < 1.29 is 14.3 Å². The maximum atomic E-state index is 11.5. The van der Waals surface area contributed by atoms with Crippen LogP contribution in [0.25, 0.3) is 0 Å². The van der Waals surface area contributed by atoms with E-state index >= 15 is 0 Å². The summed E-state index contributed by atoms with van der Waals surface area (Å²) in [6, 6.07) is 28.0. The third-order valence-corrected chi connectivity index (χ3v) is 4.11. The van der Waals surface area contributed by atoms with Crippen LogP contribution in [-0.4, -0.2) is 12.6 Å². The van der Waals surface area contributed by atoms with Crippen molar-refractivity contribution in [2.24, 2.45) is 0 Å². The lowest BCUT2D eigenvalue weighted by atomic mass is 10.2. The van der Waals surface area contributed by atoms with E-state index in [-0.39, 0.29) is 12.4 Å². The molecule has 0 N–H and O–H groups in total. The van der Waals surface area contributed by atoms with E-state index in [0.29, 0.717) is 11.3 Å². The van der Waals surface area contributed by atoms with Gasteiger partial charge in [0, 0.05) is 22.6 Å². The molecule has 0 aliphatic rings. The van der Waals surface area contributed by atoms with Crippen molar-refractivity contribution in [3.63, 3.8) is 0 Å². The summed E-state index contributed by atoms with van der Waals surface area (Å²) in [6.45, 7) is 8.91. The first-order valence-corrected chi connectivity index (χ1v) is 9.23. The summed E-state index contributed by atoms with van der Waals surface area (Å²) in [6.07, 6.45) is 0. The van der Waals surface area contributed by atoms with E-state index in [4.69, 9.17) is 9.47 Å². The number of benzene rings is 3. The maximum Gasteiger partial charge on any atom is 0.338 e. The molecule has 3 rings (SSSR count). The molecule has 4 nitrogen and oxygen atoms in total. The lowest BCUT2D eigenvalue weighted by Crippen LogP contribution is -2.11. The molecule has 146 valence electrons. The molecule has 0 spiro atoms. The van der Waals surface area contributed by atoms with E-state index in [0.717, 1.165) is 17.1 Å². The number of para-hydroxylation sites is 2. The van der Waals surface area contributed by atoms with Crippen LogP contribution >= 0.6 is 0 Å². The fourth-order valence-corrected chi connectivity index (χ4v) is 2.70. The number of hydrogen-bond acceptors (Lipinski definition) is 4. The number of anilines is 3. The molecule has 0 fully saturated rings. The van der Waals surface area contributed by atoms with Gasteiger partial charge in [-0.25, -0.2) is 4.79 Å². The molecule has 0 saturated heterocycles. The SMILES string of the molecule is C=C(COc1ccc(N(c2ccccc2)c2ccccc2)cc1)OC(=O)C(=C)C. The number of ether oxygens (including phenoxy) is 2.